The van der Waals surface area contributed by atoms with Gasteiger partial charge in [-0.3, -0.25) is 0 Å². The molecule has 84 valence electrons. The Balaban J connectivity index is 3.17. The Labute approximate surface area is 102 Å². The van der Waals surface area contributed by atoms with Crippen molar-refractivity contribution in [3.05, 3.63) is 29.3 Å². The summed E-state index contributed by atoms with van der Waals surface area (Å²) in [7, 11) is 2.10. The minimum atomic E-state index is 0.218. The molecule has 0 aliphatic heterocycles. The second kappa shape index (κ2) is 4.56. The average molecular weight is 270 g/mol. The maximum absolute atomic E-state index is 3.49. The van der Waals surface area contributed by atoms with Gasteiger partial charge in [0, 0.05) is 12.7 Å². The molecule has 0 aromatic heterocycles. The topological polar surface area (TPSA) is 3.24 Å². The number of aryl methyl sites for hydroxylation is 1. The third-order valence-corrected chi connectivity index (χ3v) is 3.42. The summed E-state index contributed by atoms with van der Waals surface area (Å²) in [6, 6.07) is 6.71. The summed E-state index contributed by atoms with van der Waals surface area (Å²) in [6.07, 6.45) is 0. The first-order valence-electron chi connectivity index (χ1n) is 5.24. The number of anilines is 1. The number of halogens is 1. The van der Waals surface area contributed by atoms with Crippen LogP contribution in [0.3, 0.4) is 0 Å². The van der Waals surface area contributed by atoms with Crippen LogP contribution in [0, 0.1) is 6.92 Å². The van der Waals surface area contributed by atoms with Crippen molar-refractivity contribution in [3.8, 4) is 0 Å². The third-order valence-electron chi connectivity index (χ3n) is 2.67. The summed E-state index contributed by atoms with van der Waals surface area (Å²) in [5.74, 6) is 0. The molecule has 0 unspecified atom stereocenters. The molecule has 0 bridgehead atoms. The predicted molar refractivity (Wildman–Crippen MR) is 72.1 cm³/mol. The van der Waals surface area contributed by atoms with Gasteiger partial charge in [0.1, 0.15) is 0 Å². The van der Waals surface area contributed by atoms with Crippen LogP contribution in [-0.4, -0.2) is 12.5 Å². The van der Waals surface area contributed by atoms with Gasteiger partial charge >= 0.3 is 0 Å². The van der Waals surface area contributed by atoms with Crippen LogP contribution >= 0.6 is 15.9 Å². The van der Waals surface area contributed by atoms with Crippen LogP contribution in [-0.2, 0) is 5.41 Å². The van der Waals surface area contributed by atoms with Gasteiger partial charge in [0.2, 0.25) is 0 Å². The monoisotopic (exact) mass is 269 g/mol. The molecule has 15 heavy (non-hydrogen) atoms. The van der Waals surface area contributed by atoms with Crippen LogP contribution in [0.25, 0.3) is 0 Å². The molecule has 0 aliphatic rings. The van der Waals surface area contributed by atoms with Gasteiger partial charge < -0.3 is 4.90 Å². The van der Waals surface area contributed by atoms with E-state index in [2.05, 4.69) is 73.8 Å². The maximum Gasteiger partial charge on any atom is 0.0732 e. The predicted octanol–water partition coefficient (Wildman–Crippen LogP) is 4.08. The molecule has 1 aromatic carbocycles. The molecular formula is C13H20BrN. The van der Waals surface area contributed by atoms with Gasteiger partial charge in [-0.05, 0) is 29.5 Å². The first-order valence-corrected chi connectivity index (χ1v) is 6.36. The highest BCUT2D eigenvalue weighted by Crippen LogP contribution is 2.28. The molecule has 0 fully saturated rings. The van der Waals surface area contributed by atoms with Gasteiger partial charge in [-0.15, -0.1) is 0 Å². The molecule has 0 radical (unpaired) electrons. The van der Waals surface area contributed by atoms with Crippen LogP contribution in [0.15, 0.2) is 18.2 Å². The van der Waals surface area contributed by atoms with Crippen molar-refractivity contribution in [1.29, 1.82) is 0 Å². The molecule has 0 amide bonds. The second-order valence-electron chi connectivity index (χ2n) is 5.07. The lowest BCUT2D eigenvalue weighted by Gasteiger charge is -2.24. The first-order chi connectivity index (χ1) is 6.86. The quantitative estimate of drug-likeness (QED) is 0.578. The van der Waals surface area contributed by atoms with Gasteiger partial charge in [-0.25, -0.2) is 0 Å². The summed E-state index contributed by atoms with van der Waals surface area (Å²) >= 11 is 3.49. The Morgan fingerprint density at radius 3 is 2.33 bits per heavy atom. The van der Waals surface area contributed by atoms with E-state index in [1.807, 2.05) is 0 Å². The van der Waals surface area contributed by atoms with Crippen molar-refractivity contribution in [3.63, 3.8) is 0 Å². The molecule has 0 spiro atoms. The van der Waals surface area contributed by atoms with Crippen molar-refractivity contribution in [2.24, 2.45) is 0 Å². The molecule has 1 nitrogen and oxygen atoms in total. The molecule has 0 aliphatic carbocycles. The molecule has 0 saturated heterocycles. The largest absolute Gasteiger partial charge is 0.364 e. The normalized spacial score (nSPS) is 11.6. The Morgan fingerprint density at radius 2 is 1.87 bits per heavy atom. The molecule has 2 heteroatoms. The van der Waals surface area contributed by atoms with Gasteiger partial charge in [-0.1, -0.05) is 48.8 Å². The summed E-state index contributed by atoms with van der Waals surface area (Å²) in [4.78, 5) is 2.21. The van der Waals surface area contributed by atoms with E-state index in [1.165, 1.54) is 16.8 Å². The molecule has 0 N–H and O–H groups in total. The lowest BCUT2D eigenvalue weighted by Crippen LogP contribution is -2.17. The lowest BCUT2D eigenvalue weighted by molar-refractivity contribution is 0.590. The van der Waals surface area contributed by atoms with Gasteiger partial charge in [0.15, 0.2) is 0 Å². The van der Waals surface area contributed by atoms with Crippen LogP contribution < -0.4 is 4.90 Å². The van der Waals surface area contributed by atoms with E-state index in [0.29, 0.717) is 0 Å². The Kier molecular flexibility index (Phi) is 3.82. The summed E-state index contributed by atoms with van der Waals surface area (Å²) in [5, 5.41) is 0. The zero-order valence-corrected chi connectivity index (χ0v) is 11.9. The number of hydrogen-bond donors (Lipinski definition) is 0. The first kappa shape index (κ1) is 12.6. The smallest absolute Gasteiger partial charge is 0.0732 e. The lowest BCUT2D eigenvalue weighted by atomic mass is 9.86. The summed E-state index contributed by atoms with van der Waals surface area (Å²) in [5.41, 5.74) is 5.09. The SMILES string of the molecule is Cc1ccc(C(C)(C)C)cc1N(C)CBr. The minimum Gasteiger partial charge on any atom is -0.364 e. The van der Waals surface area contributed by atoms with Crippen LogP contribution in [0.2, 0.25) is 0 Å². The highest BCUT2D eigenvalue weighted by atomic mass is 79.9. The number of hydrogen-bond acceptors (Lipinski definition) is 1. The molecule has 1 aromatic rings. The fourth-order valence-corrected chi connectivity index (χ4v) is 1.82. The van der Waals surface area contributed by atoms with Crippen molar-refractivity contribution in [1.82, 2.24) is 0 Å². The molecule has 0 atom stereocenters. The molecule has 1 rings (SSSR count). The standard InChI is InChI=1S/C13H20BrN/c1-10-6-7-11(13(2,3)4)8-12(10)15(5)9-14/h6-8H,9H2,1-5H3. The summed E-state index contributed by atoms with van der Waals surface area (Å²) in [6.45, 7) is 8.89. The van der Waals surface area contributed by atoms with E-state index < -0.39 is 0 Å². The van der Waals surface area contributed by atoms with Crippen LogP contribution in [0.4, 0.5) is 5.69 Å². The van der Waals surface area contributed by atoms with Crippen molar-refractivity contribution < 1.29 is 0 Å². The van der Waals surface area contributed by atoms with Gasteiger partial charge in [0.25, 0.3) is 0 Å². The second-order valence-corrected chi connectivity index (χ2v) is 5.57. The van der Waals surface area contributed by atoms with Crippen molar-refractivity contribution in [2.45, 2.75) is 33.1 Å². The Bertz CT molecular complexity index is 339. The zero-order valence-electron chi connectivity index (χ0n) is 10.3. The summed E-state index contributed by atoms with van der Waals surface area (Å²) < 4.78 is 0. The highest BCUT2D eigenvalue weighted by Gasteiger charge is 2.15. The Hall–Kier alpha value is -0.500. The van der Waals surface area contributed by atoms with E-state index >= 15 is 0 Å². The zero-order chi connectivity index (χ0) is 11.6. The van der Waals surface area contributed by atoms with E-state index in [1.54, 1.807) is 0 Å². The molecule has 0 saturated carbocycles. The number of rotatable bonds is 2. The molecule has 0 heterocycles. The third kappa shape index (κ3) is 2.97. The fraction of sp³-hybridized carbons (Fsp3) is 0.538. The maximum atomic E-state index is 3.49. The number of benzene rings is 1. The number of alkyl halides is 1. The van der Waals surface area contributed by atoms with Crippen LogP contribution in [0.1, 0.15) is 31.9 Å². The Morgan fingerprint density at radius 1 is 1.27 bits per heavy atom. The van der Waals surface area contributed by atoms with Gasteiger partial charge in [-0.2, -0.15) is 0 Å². The van der Waals surface area contributed by atoms with E-state index in [0.717, 1.165) is 5.45 Å². The van der Waals surface area contributed by atoms with Crippen LogP contribution in [0.5, 0.6) is 0 Å². The highest BCUT2D eigenvalue weighted by molar-refractivity contribution is 9.09. The minimum absolute atomic E-state index is 0.218. The van der Waals surface area contributed by atoms with E-state index in [4.69, 9.17) is 0 Å². The fourth-order valence-electron chi connectivity index (χ4n) is 1.55. The van der Waals surface area contributed by atoms with Crippen molar-refractivity contribution >= 4 is 21.6 Å². The van der Waals surface area contributed by atoms with E-state index in [9.17, 15) is 0 Å². The molecular weight excluding hydrogens is 250 g/mol. The number of nitrogens with zero attached hydrogens (tertiary/aromatic N) is 1. The van der Waals surface area contributed by atoms with E-state index in [-0.39, 0.29) is 5.41 Å². The van der Waals surface area contributed by atoms with Gasteiger partial charge in [0.05, 0.1) is 5.45 Å². The van der Waals surface area contributed by atoms with Crippen molar-refractivity contribution in [2.75, 3.05) is 17.4 Å². The average Bonchev–Trinajstić information content (AvgIpc) is 2.15.